The van der Waals surface area contributed by atoms with E-state index >= 15 is 0 Å². The van der Waals surface area contributed by atoms with Crippen molar-refractivity contribution in [3.63, 3.8) is 0 Å². The Morgan fingerprint density at radius 2 is 1.74 bits per heavy atom. The van der Waals surface area contributed by atoms with Gasteiger partial charge in [-0.1, -0.05) is 59.7 Å². The van der Waals surface area contributed by atoms with Gasteiger partial charge in [-0.25, -0.2) is 0 Å². The van der Waals surface area contributed by atoms with Crippen LogP contribution in [0.25, 0.3) is 10.8 Å². The van der Waals surface area contributed by atoms with E-state index in [0.29, 0.717) is 0 Å². The number of hydrogen-bond donors (Lipinski definition) is 0. The highest BCUT2D eigenvalue weighted by molar-refractivity contribution is 14.1. The van der Waals surface area contributed by atoms with Crippen molar-refractivity contribution in [2.24, 2.45) is 0 Å². The predicted octanol–water partition coefficient (Wildman–Crippen LogP) is 4.72. The van der Waals surface area contributed by atoms with Gasteiger partial charge in [-0.3, -0.25) is 0 Å². The van der Waals surface area contributed by atoms with E-state index in [-0.39, 0.29) is 0 Å². The molecule has 92 valence electrons. The summed E-state index contributed by atoms with van der Waals surface area (Å²) in [6, 6.07) is 12.5. The molecule has 19 heavy (non-hydrogen) atoms. The lowest BCUT2D eigenvalue weighted by Crippen LogP contribution is -2.03. The van der Waals surface area contributed by atoms with E-state index in [1.54, 1.807) is 0 Å². The van der Waals surface area contributed by atoms with Gasteiger partial charge in [0.2, 0.25) is 0 Å². The summed E-state index contributed by atoms with van der Waals surface area (Å²) in [5.41, 5.74) is 0.854. The van der Waals surface area contributed by atoms with Crippen LogP contribution in [0.2, 0.25) is 0 Å². The van der Waals surface area contributed by atoms with Gasteiger partial charge in [-0.05, 0) is 60.8 Å². The fraction of sp³-hybridized carbons (Fsp3) is 0.125. The molecule has 0 aromatic heterocycles. The summed E-state index contributed by atoms with van der Waals surface area (Å²) < 4.78 is 1.43. The van der Waals surface area contributed by atoms with Gasteiger partial charge in [0.15, 0.2) is 0 Å². The van der Waals surface area contributed by atoms with Gasteiger partial charge in [0, 0.05) is 4.90 Å². The molecule has 0 fully saturated rings. The normalized spacial score (nSPS) is 15.2. The molecule has 0 unspecified atom stereocenters. The van der Waals surface area contributed by atoms with E-state index in [0.717, 1.165) is 23.7 Å². The summed E-state index contributed by atoms with van der Waals surface area (Å²) in [4.78, 5) is 2.72. The van der Waals surface area contributed by atoms with Crippen LogP contribution in [0.4, 0.5) is 0 Å². The van der Waals surface area contributed by atoms with Crippen molar-refractivity contribution >= 4 is 58.4 Å². The van der Waals surface area contributed by atoms with Gasteiger partial charge < -0.3 is 0 Å². The van der Waals surface area contributed by atoms with Crippen molar-refractivity contribution in [1.29, 1.82) is 0 Å². The first kappa shape index (κ1) is 13.3. The molecular formula is C16H12BIS. The Balaban J connectivity index is 2.00. The molecule has 2 aromatic carbocycles. The third kappa shape index (κ3) is 2.92. The Hall–Kier alpha value is -0.675. The molecule has 0 amide bonds. The number of thioether (sulfide) groups is 1. The maximum absolute atomic E-state index is 6.04. The minimum Gasteiger partial charge on any atom is -0.0939 e. The van der Waals surface area contributed by atoms with Crippen LogP contribution in [-0.2, 0) is 0 Å². The fourth-order valence-electron chi connectivity index (χ4n) is 2.20. The molecule has 0 N–H and O–H groups in total. The number of hydrogen-bond acceptors (Lipinski definition) is 1. The molecule has 0 atom stereocenters. The Bertz CT molecular complexity index is 688. The SMILES string of the molecule is [B]c1ccc(SC2=CC=C(I)CC2)c2ccccc12. The molecule has 1 aliphatic rings. The molecule has 1 aliphatic carbocycles. The third-order valence-electron chi connectivity index (χ3n) is 3.22. The zero-order valence-corrected chi connectivity index (χ0v) is 13.4. The number of allylic oxidation sites excluding steroid dienone is 4. The van der Waals surface area contributed by atoms with Gasteiger partial charge >= 0.3 is 0 Å². The van der Waals surface area contributed by atoms with Gasteiger partial charge in [0.25, 0.3) is 0 Å². The van der Waals surface area contributed by atoms with E-state index in [2.05, 4.69) is 59.0 Å². The summed E-state index contributed by atoms with van der Waals surface area (Å²) in [7, 11) is 6.04. The summed E-state index contributed by atoms with van der Waals surface area (Å²) in [6.45, 7) is 0. The van der Waals surface area contributed by atoms with Crippen LogP contribution < -0.4 is 5.46 Å². The zero-order chi connectivity index (χ0) is 13.2. The smallest absolute Gasteiger partial charge is 0.0939 e. The predicted molar refractivity (Wildman–Crippen MR) is 94.6 cm³/mol. The van der Waals surface area contributed by atoms with Crippen LogP contribution in [0.15, 0.2) is 61.9 Å². The molecule has 0 aliphatic heterocycles. The fourth-order valence-corrected chi connectivity index (χ4v) is 3.70. The maximum Gasteiger partial charge on any atom is 0.114 e. The van der Waals surface area contributed by atoms with Crippen LogP contribution >= 0.6 is 34.4 Å². The zero-order valence-electron chi connectivity index (χ0n) is 10.4. The minimum absolute atomic E-state index is 0.854. The molecule has 3 heteroatoms. The molecule has 0 spiro atoms. The van der Waals surface area contributed by atoms with Crippen LogP contribution in [0.5, 0.6) is 0 Å². The molecule has 3 rings (SSSR count). The molecule has 2 radical (unpaired) electrons. The van der Waals surface area contributed by atoms with Crippen LogP contribution in [0.1, 0.15) is 12.8 Å². The van der Waals surface area contributed by atoms with Crippen LogP contribution in [-0.4, -0.2) is 7.85 Å². The lowest BCUT2D eigenvalue weighted by Gasteiger charge is -2.13. The molecule has 0 nitrogen and oxygen atoms in total. The van der Waals surface area contributed by atoms with Crippen molar-refractivity contribution in [3.05, 3.63) is 57.0 Å². The highest BCUT2D eigenvalue weighted by Crippen LogP contribution is 2.37. The van der Waals surface area contributed by atoms with E-state index in [1.165, 1.54) is 18.8 Å². The molecule has 0 heterocycles. The maximum atomic E-state index is 6.04. The van der Waals surface area contributed by atoms with Crippen molar-refractivity contribution in [3.8, 4) is 0 Å². The van der Waals surface area contributed by atoms with E-state index < -0.39 is 0 Å². The van der Waals surface area contributed by atoms with Crippen molar-refractivity contribution < 1.29 is 0 Å². The molecular weight excluding hydrogens is 362 g/mol. The molecule has 0 saturated carbocycles. The van der Waals surface area contributed by atoms with Gasteiger partial charge in [-0.2, -0.15) is 0 Å². The second-order valence-electron chi connectivity index (χ2n) is 4.55. The quantitative estimate of drug-likeness (QED) is 0.542. The largest absolute Gasteiger partial charge is 0.114 e. The number of fused-ring (bicyclic) bond motifs is 1. The average Bonchev–Trinajstić information content (AvgIpc) is 2.45. The molecule has 0 saturated heterocycles. The highest BCUT2D eigenvalue weighted by Gasteiger charge is 2.09. The Morgan fingerprint density at radius 1 is 0.947 bits per heavy atom. The standard InChI is InChI=1S/C16H12BIS/c17-15-9-10-16(14-4-2-1-3-13(14)15)19-12-7-5-11(18)6-8-12/h1-5,7,9-10H,6,8H2. The number of rotatable bonds is 2. The van der Waals surface area contributed by atoms with Gasteiger partial charge in [0.1, 0.15) is 7.85 Å². The lowest BCUT2D eigenvalue weighted by atomic mass is 9.90. The van der Waals surface area contributed by atoms with Gasteiger partial charge in [-0.15, -0.1) is 0 Å². The Morgan fingerprint density at radius 3 is 2.47 bits per heavy atom. The first-order valence-corrected chi connectivity index (χ1v) is 8.14. The number of benzene rings is 2. The minimum atomic E-state index is 0.854. The monoisotopic (exact) mass is 374 g/mol. The summed E-state index contributed by atoms with van der Waals surface area (Å²) in [5, 5.41) is 2.40. The first-order valence-electron chi connectivity index (χ1n) is 6.24. The van der Waals surface area contributed by atoms with Crippen molar-refractivity contribution in [1.82, 2.24) is 0 Å². The number of halogens is 1. The third-order valence-corrected chi connectivity index (χ3v) is 5.30. The first-order chi connectivity index (χ1) is 9.24. The summed E-state index contributed by atoms with van der Waals surface area (Å²) in [5.74, 6) is 0. The average molecular weight is 374 g/mol. The second kappa shape index (κ2) is 5.75. The topological polar surface area (TPSA) is 0 Å². The van der Waals surface area contributed by atoms with E-state index in [4.69, 9.17) is 7.85 Å². The van der Waals surface area contributed by atoms with Gasteiger partial charge in [0.05, 0.1) is 0 Å². The highest BCUT2D eigenvalue weighted by atomic mass is 127. The van der Waals surface area contributed by atoms with Crippen LogP contribution in [0.3, 0.4) is 0 Å². The second-order valence-corrected chi connectivity index (χ2v) is 7.10. The van der Waals surface area contributed by atoms with Crippen LogP contribution in [0, 0.1) is 0 Å². The molecule has 0 bridgehead atoms. The van der Waals surface area contributed by atoms with Crippen molar-refractivity contribution in [2.75, 3.05) is 0 Å². The van der Waals surface area contributed by atoms with E-state index in [1.807, 2.05) is 23.9 Å². The van der Waals surface area contributed by atoms with E-state index in [9.17, 15) is 0 Å². The summed E-state index contributed by atoms with van der Waals surface area (Å²) >= 11 is 4.27. The Kier molecular flexibility index (Phi) is 4.03. The van der Waals surface area contributed by atoms with Crippen molar-refractivity contribution in [2.45, 2.75) is 17.7 Å². The summed E-state index contributed by atoms with van der Waals surface area (Å²) in [6.07, 6.45) is 6.75. The Labute approximate surface area is 132 Å². The lowest BCUT2D eigenvalue weighted by molar-refractivity contribution is 1.01. The molecule has 2 aromatic rings.